The number of hydrogen-bond donors (Lipinski definition) is 0. The van der Waals surface area contributed by atoms with E-state index in [0.717, 1.165) is 19.3 Å². The molecule has 6 heteroatoms. The molecule has 1 fully saturated rings. The molecule has 29 heavy (non-hydrogen) atoms. The van der Waals surface area contributed by atoms with Gasteiger partial charge in [-0.2, -0.15) is 13.2 Å². The van der Waals surface area contributed by atoms with Crippen LogP contribution in [0.1, 0.15) is 74.8 Å². The minimum Gasteiger partial charge on any atom is -0.212 e. The van der Waals surface area contributed by atoms with Crippen LogP contribution in [0.3, 0.4) is 0 Å². The zero-order valence-electron chi connectivity index (χ0n) is 16.4. The van der Waals surface area contributed by atoms with Crippen LogP contribution in [0.25, 0.3) is 0 Å². The number of rotatable bonds is 4. The molecule has 160 valence electrons. The highest BCUT2D eigenvalue weighted by Gasteiger charge is 2.32. The Morgan fingerprint density at radius 2 is 1.59 bits per heavy atom. The van der Waals surface area contributed by atoms with Crippen molar-refractivity contribution in [3.63, 3.8) is 0 Å². The lowest BCUT2D eigenvalue weighted by atomic mass is 9.77. The van der Waals surface area contributed by atoms with Crippen molar-refractivity contribution in [2.24, 2.45) is 11.8 Å². The van der Waals surface area contributed by atoms with Crippen molar-refractivity contribution in [2.75, 3.05) is 0 Å². The lowest BCUT2D eigenvalue weighted by molar-refractivity contribution is -0.0820. The molecule has 2 aliphatic carbocycles. The summed E-state index contributed by atoms with van der Waals surface area (Å²) in [6.45, 7) is 2.11. The molecule has 0 aliphatic heterocycles. The molecule has 1 aromatic rings. The average Bonchev–Trinajstić information content (AvgIpc) is 2.66. The first-order valence-corrected chi connectivity index (χ1v) is 10.3. The number of allylic oxidation sites excluding steroid dienone is 4. The Kier molecular flexibility index (Phi) is 6.79. The molecule has 0 N–H and O–H groups in total. The quantitative estimate of drug-likeness (QED) is 0.343. The van der Waals surface area contributed by atoms with Crippen molar-refractivity contribution in [3.05, 3.63) is 58.9 Å². The highest BCUT2D eigenvalue weighted by Crippen LogP contribution is 2.42. The molecule has 0 bridgehead atoms. The minimum atomic E-state index is -4.69. The van der Waals surface area contributed by atoms with Crippen LogP contribution in [0, 0.1) is 23.5 Å². The van der Waals surface area contributed by atoms with Crippen molar-refractivity contribution in [1.29, 1.82) is 0 Å². The summed E-state index contributed by atoms with van der Waals surface area (Å²) in [4.78, 5) is 0. The second-order valence-corrected chi connectivity index (χ2v) is 8.25. The molecule has 2 unspecified atom stereocenters. The zero-order chi connectivity index (χ0) is 21.2. The highest BCUT2D eigenvalue weighted by molar-refractivity contribution is 5.34. The van der Waals surface area contributed by atoms with E-state index in [1.807, 2.05) is 6.08 Å². The van der Waals surface area contributed by atoms with Crippen LogP contribution >= 0.6 is 0 Å². The minimum absolute atomic E-state index is 0.00631. The molecule has 3 rings (SSSR count). The average molecular weight is 416 g/mol. The molecule has 2 atom stereocenters. The number of halogens is 6. The molecule has 0 aromatic heterocycles. The van der Waals surface area contributed by atoms with Crippen molar-refractivity contribution >= 4 is 0 Å². The third-order valence-electron chi connectivity index (χ3n) is 6.34. The standard InChI is InChI=1S/C23H26F6/c1-2-14-3-5-15(6-4-14)18-11-19(24)22(20(25)12-18)17-9-7-16(8-10-17)21(26)13-23(27,28)29/h3,5,11-17H,2,4,6-10H2,1H3/b21-13-. The summed E-state index contributed by atoms with van der Waals surface area (Å²) in [6.07, 6.45) is 2.83. The second-order valence-electron chi connectivity index (χ2n) is 8.25. The first-order valence-electron chi connectivity index (χ1n) is 10.3. The SMILES string of the molecule is CCC1C=CC(c2cc(F)c(C3CCC(/C(F)=C/C(F)(F)F)CC3)c(F)c2)CC1. The number of hydrogen-bond acceptors (Lipinski definition) is 0. The molecule has 0 radical (unpaired) electrons. The van der Waals surface area contributed by atoms with Crippen LogP contribution in [0.2, 0.25) is 0 Å². The van der Waals surface area contributed by atoms with Crippen molar-refractivity contribution in [2.45, 2.75) is 69.9 Å². The van der Waals surface area contributed by atoms with Crippen LogP contribution in [0.5, 0.6) is 0 Å². The zero-order valence-corrected chi connectivity index (χ0v) is 16.4. The molecule has 0 amide bonds. The van der Waals surface area contributed by atoms with Crippen LogP contribution in [0.4, 0.5) is 26.3 Å². The third-order valence-corrected chi connectivity index (χ3v) is 6.34. The Bertz CT molecular complexity index is 745. The molecule has 1 saturated carbocycles. The van der Waals surface area contributed by atoms with E-state index >= 15 is 0 Å². The molecule has 0 spiro atoms. The van der Waals surface area contributed by atoms with Crippen LogP contribution in [0.15, 0.2) is 36.2 Å². The van der Waals surface area contributed by atoms with Gasteiger partial charge in [0.1, 0.15) is 17.5 Å². The van der Waals surface area contributed by atoms with Gasteiger partial charge in [0, 0.05) is 17.4 Å². The third kappa shape index (κ3) is 5.46. The van der Waals surface area contributed by atoms with Gasteiger partial charge < -0.3 is 0 Å². The van der Waals surface area contributed by atoms with Gasteiger partial charge in [-0.25, -0.2) is 13.2 Å². The fraction of sp³-hybridized carbons (Fsp3) is 0.565. The van der Waals surface area contributed by atoms with E-state index in [0.29, 0.717) is 11.5 Å². The van der Waals surface area contributed by atoms with Gasteiger partial charge in [-0.3, -0.25) is 0 Å². The van der Waals surface area contributed by atoms with Gasteiger partial charge in [0.15, 0.2) is 0 Å². The first kappa shape index (κ1) is 22.0. The molecule has 2 aliphatic rings. The van der Waals surface area contributed by atoms with E-state index in [9.17, 15) is 26.3 Å². The highest BCUT2D eigenvalue weighted by atomic mass is 19.4. The van der Waals surface area contributed by atoms with E-state index in [1.54, 1.807) is 0 Å². The number of alkyl halides is 3. The van der Waals surface area contributed by atoms with Gasteiger partial charge in [0.2, 0.25) is 0 Å². The molecule has 0 heterocycles. The van der Waals surface area contributed by atoms with E-state index in [-0.39, 0.29) is 43.2 Å². The van der Waals surface area contributed by atoms with Gasteiger partial charge in [-0.05, 0) is 74.5 Å². The first-order chi connectivity index (χ1) is 13.7. The van der Waals surface area contributed by atoms with E-state index < -0.39 is 35.5 Å². The summed E-state index contributed by atoms with van der Waals surface area (Å²) in [5, 5.41) is 0. The van der Waals surface area contributed by atoms with Crippen LogP contribution < -0.4 is 0 Å². The van der Waals surface area contributed by atoms with Crippen molar-refractivity contribution in [1.82, 2.24) is 0 Å². The maximum Gasteiger partial charge on any atom is 0.412 e. The maximum absolute atomic E-state index is 14.8. The topological polar surface area (TPSA) is 0 Å². The maximum atomic E-state index is 14.8. The van der Waals surface area contributed by atoms with E-state index in [4.69, 9.17) is 0 Å². The predicted molar refractivity (Wildman–Crippen MR) is 101 cm³/mol. The Balaban J connectivity index is 1.70. The normalized spacial score (nSPS) is 28.6. The Labute approximate surface area is 167 Å². The smallest absolute Gasteiger partial charge is 0.212 e. The van der Waals surface area contributed by atoms with Gasteiger partial charge >= 0.3 is 6.18 Å². The predicted octanol–water partition coefficient (Wildman–Crippen LogP) is 8.11. The van der Waals surface area contributed by atoms with E-state index in [2.05, 4.69) is 13.0 Å². The van der Waals surface area contributed by atoms with Gasteiger partial charge in [-0.1, -0.05) is 19.1 Å². The largest absolute Gasteiger partial charge is 0.412 e. The Hall–Kier alpha value is -1.72. The van der Waals surface area contributed by atoms with Crippen LogP contribution in [-0.4, -0.2) is 6.18 Å². The fourth-order valence-corrected chi connectivity index (χ4v) is 4.64. The summed E-state index contributed by atoms with van der Waals surface area (Å²) in [6, 6.07) is 2.77. The lowest BCUT2D eigenvalue weighted by Gasteiger charge is -2.29. The van der Waals surface area contributed by atoms with Gasteiger partial charge in [-0.15, -0.1) is 0 Å². The van der Waals surface area contributed by atoms with Crippen molar-refractivity contribution < 1.29 is 26.3 Å². The Morgan fingerprint density at radius 1 is 0.966 bits per heavy atom. The van der Waals surface area contributed by atoms with Gasteiger partial charge in [0.05, 0.1) is 6.08 Å². The summed E-state index contributed by atoms with van der Waals surface area (Å²) >= 11 is 0. The molecular formula is C23H26F6. The van der Waals surface area contributed by atoms with Crippen molar-refractivity contribution in [3.8, 4) is 0 Å². The Morgan fingerprint density at radius 3 is 2.07 bits per heavy atom. The molecule has 1 aromatic carbocycles. The lowest BCUT2D eigenvalue weighted by Crippen LogP contribution is -2.18. The summed E-state index contributed by atoms with van der Waals surface area (Å²) in [7, 11) is 0. The monoisotopic (exact) mass is 416 g/mol. The summed E-state index contributed by atoms with van der Waals surface area (Å²) in [5.74, 6) is -3.18. The molecular weight excluding hydrogens is 390 g/mol. The summed E-state index contributed by atoms with van der Waals surface area (Å²) in [5.41, 5.74) is 0.598. The van der Waals surface area contributed by atoms with Crippen LogP contribution in [-0.2, 0) is 0 Å². The van der Waals surface area contributed by atoms with Gasteiger partial charge in [0.25, 0.3) is 0 Å². The number of benzene rings is 1. The summed E-state index contributed by atoms with van der Waals surface area (Å²) < 4.78 is 80.3. The van der Waals surface area contributed by atoms with E-state index in [1.165, 1.54) is 12.1 Å². The molecule has 0 nitrogen and oxygen atoms in total. The second kappa shape index (κ2) is 8.97. The fourth-order valence-electron chi connectivity index (χ4n) is 4.64. The molecule has 0 saturated heterocycles.